The van der Waals surface area contributed by atoms with Gasteiger partial charge in [0.1, 0.15) is 5.82 Å². The van der Waals surface area contributed by atoms with E-state index in [9.17, 15) is 4.79 Å². The van der Waals surface area contributed by atoms with Crippen LogP contribution < -0.4 is 5.73 Å². The number of fused-ring (bicyclic) bond motifs is 1. The van der Waals surface area contributed by atoms with E-state index in [1.54, 1.807) is 18.0 Å². The van der Waals surface area contributed by atoms with Crippen molar-refractivity contribution in [3.8, 4) is 16.8 Å². The van der Waals surface area contributed by atoms with Crippen LogP contribution in [0, 0.1) is 11.8 Å². The molecule has 1 aliphatic carbocycles. The summed E-state index contributed by atoms with van der Waals surface area (Å²) < 4.78 is 8.70. The number of nitrogens with zero attached hydrogens (tertiary/aromatic N) is 7. The highest BCUT2D eigenvalue weighted by Gasteiger charge is 2.29. The molecular formula is C23H26N8O2. The molecule has 0 aliphatic heterocycles. The Morgan fingerprint density at radius 1 is 1.18 bits per heavy atom. The number of carbonyl (C=O) groups is 1. The minimum atomic E-state index is -0.207. The van der Waals surface area contributed by atoms with Crippen LogP contribution in [0.3, 0.4) is 0 Å². The largest absolute Gasteiger partial charge is 0.383 e. The summed E-state index contributed by atoms with van der Waals surface area (Å²) in [5.74, 6) is 0.869. The van der Waals surface area contributed by atoms with Gasteiger partial charge in [0.15, 0.2) is 11.2 Å². The van der Waals surface area contributed by atoms with Crippen molar-refractivity contribution in [2.75, 3.05) is 13.7 Å². The molecule has 4 aromatic rings. The van der Waals surface area contributed by atoms with Crippen LogP contribution in [0.2, 0.25) is 0 Å². The monoisotopic (exact) mass is 446 g/mol. The number of hydrogen-bond acceptors (Lipinski definition) is 7. The molecule has 5 rings (SSSR count). The van der Waals surface area contributed by atoms with E-state index in [1.165, 1.54) is 0 Å². The molecule has 1 fully saturated rings. The highest BCUT2D eigenvalue weighted by molar-refractivity contribution is 5.77. The number of methoxy groups -OCH3 is 1. The summed E-state index contributed by atoms with van der Waals surface area (Å²) in [6, 6.07) is 8.05. The van der Waals surface area contributed by atoms with Crippen molar-refractivity contribution in [2.45, 2.75) is 32.2 Å². The number of nitrogens with two attached hydrogens (primary N) is 1. The first-order valence-electron chi connectivity index (χ1n) is 11.1. The van der Waals surface area contributed by atoms with Crippen LogP contribution in [0.1, 0.15) is 25.1 Å². The Bertz CT molecular complexity index is 1260. The fourth-order valence-electron chi connectivity index (χ4n) is 4.43. The lowest BCUT2D eigenvalue weighted by Crippen LogP contribution is -2.21. The first-order valence-corrected chi connectivity index (χ1v) is 11.1. The predicted molar refractivity (Wildman–Crippen MR) is 121 cm³/mol. The van der Waals surface area contributed by atoms with Gasteiger partial charge in [0.25, 0.3) is 0 Å². The molecule has 1 aliphatic rings. The first kappa shape index (κ1) is 21.2. The summed E-state index contributed by atoms with van der Waals surface area (Å²) in [5, 5.41) is 12.9. The molecule has 10 nitrogen and oxygen atoms in total. The molecule has 0 unspecified atom stereocenters. The molecule has 0 radical (unpaired) electrons. The van der Waals surface area contributed by atoms with Gasteiger partial charge in [-0.1, -0.05) is 17.3 Å². The molecule has 0 spiro atoms. The number of benzene rings is 1. The Balaban J connectivity index is 1.34. The van der Waals surface area contributed by atoms with E-state index >= 15 is 0 Å². The number of carbonyl (C=O) groups excluding carboxylic acids is 1. The van der Waals surface area contributed by atoms with Gasteiger partial charge < -0.3 is 10.5 Å². The van der Waals surface area contributed by atoms with Gasteiger partial charge in [0, 0.05) is 31.2 Å². The van der Waals surface area contributed by atoms with Gasteiger partial charge in [0.05, 0.1) is 31.2 Å². The topological polar surface area (TPSA) is 127 Å². The minimum absolute atomic E-state index is 0.0310. The fourth-order valence-corrected chi connectivity index (χ4v) is 4.43. The van der Waals surface area contributed by atoms with E-state index in [0.717, 1.165) is 48.3 Å². The van der Waals surface area contributed by atoms with Gasteiger partial charge >= 0.3 is 0 Å². The summed E-state index contributed by atoms with van der Waals surface area (Å²) in [6.07, 6.45) is 8.90. The van der Waals surface area contributed by atoms with Gasteiger partial charge in [-0.05, 0) is 42.9 Å². The zero-order valence-corrected chi connectivity index (χ0v) is 18.5. The Kier molecular flexibility index (Phi) is 5.82. The Morgan fingerprint density at radius 3 is 2.79 bits per heavy atom. The molecule has 0 bridgehead atoms. The molecule has 0 saturated heterocycles. The van der Waals surface area contributed by atoms with E-state index in [4.69, 9.17) is 15.5 Å². The number of primary amides is 1. The van der Waals surface area contributed by atoms with Crippen LogP contribution in [0.25, 0.3) is 28.0 Å². The zero-order chi connectivity index (χ0) is 22.8. The van der Waals surface area contributed by atoms with Crippen LogP contribution in [0.5, 0.6) is 0 Å². The molecule has 170 valence electrons. The average molecular weight is 447 g/mol. The highest BCUT2D eigenvalue weighted by atomic mass is 16.5. The normalized spacial score (nSPS) is 18.2. The zero-order valence-electron chi connectivity index (χ0n) is 18.5. The molecule has 10 heteroatoms. The third kappa shape index (κ3) is 4.47. The maximum absolute atomic E-state index is 11.5. The summed E-state index contributed by atoms with van der Waals surface area (Å²) in [5.41, 5.74) is 9.75. The van der Waals surface area contributed by atoms with Crippen molar-refractivity contribution < 1.29 is 9.53 Å². The van der Waals surface area contributed by atoms with Gasteiger partial charge in [-0.3, -0.25) is 9.48 Å². The third-order valence-corrected chi connectivity index (χ3v) is 6.26. The molecule has 3 aromatic heterocycles. The Hall–Kier alpha value is -3.66. The number of hydrogen-bond donors (Lipinski definition) is 1. The lowest BCUT2D eigenvalue weighted by molar-refractivity contribution is -0.121. The smallest absolute Gasteiger partial charge is 0.220 e. The summed E-state index contributed by atoms with van der Waals surface area (Å²) >= 11 is 0. The maximum Gasteiger partial charge on any atom is 0.220 e. The summed E-state index contributed by atoms with van der Waals surface area (Å²) in [4.78, 5) is 20.7. The fraction of sp³-hybridized carbons (Fsp3) is 0.391. The maximum atomic E-state index is 11.5. The molecule has 1 saturated carbocycles. The van der Waals surface area contributed by atoms with Crippen molar-refractivity contribution in [2.24, 2.45) is 17.6 Å². The highest BCUT2D eigenvalue weighted by Crippen LogP contribution is 2.32. The van der Waals surface area contributed by atoms with Crippen molar-refractivity contribution >= 4 is 17.1 Å². The van der Waals surface area contributed by atoms with E-state index in [-0.39, 0.29) is 11.8 Å². The standard InChI is InChI=1S/C23H26N8O2/c1-33-9-8-30-14-18(12-26-30)16-4-6-19(7-5-16)31-23-20(28-29-31)13-25-21(27-23)11-15-2-3-17(10-15)22(24)32/h4-7,12-15,17H,2-3,8-11H2,1H3,(H2,24,32)/t15-,17-/m1/s1. The van der Waals surface area contributed by atoms with Crippen molar-refractivity contribution in [3.05, 3.63) is 48.7 Å². The van der Waals surface area contributed by atoms with Crippen LogP contribution >= 0.6 is 0 Å². The first-order chi connectivity index (χ1) is 16.1. The number of aromatic nitrogens is 7. The molecule has 3 heterocycles. The van der Waals surface area contributed by atoms with Gasteiger partial charge in [-0.15, -0.1) is 5.10 Å². The number of rotatable bonds is 8. The second-order valence-corrected chi connectivity index (χ2v) is 8.51. The quantitative estimate of drug-likeness (QED) is 0.439. The molecule has 33 heavy (non-hydrogen) atoms. The predicted octanol–water partition coefficient (Wildman–Crippen LogP) is 2.16. The SMILES string of the molecule is COCCn1cc(-c2ccc(-n3nnc4cnc(C[C@@H]5CC[C@@H](C(N)=O)C5)nc43)cc2)cn1. The summed E-state index contributed by atoms with van der Waals surface area (Å²) in [6.45, 7) is 1.33. The second kappa shape index (κ2) is 9.07. The minimum Gasteiger partial charge on any atom is -0.383 e. The Labute approximate surface area is 190 Å². The van der Waals surface area contributed by atoms with Gasteiger partial charge in [-0.2, -0.15) is 9.78 Å². The molecule has 1 aromatic carbocycles. The van der Waals surface area contributed by atoms with Crippen molar-refractivity contribution in [1.82, 2.24) is 34.7 Å². The van der Waals surface area contributed by atoms with E-state index in [2.05, 4.69) is 20.4 Å². The second-order valence-electron chi connectivity index (χ2n) is 8.51. The van der Waals surface area contributed by atoms with Gasteiger partial charge in [-0.25, -0.2) is 9.97 Å². The lowest BCUT2D eigenvalue weighted by Gasteiger charge is -2.09. The van der Waals surface area contributed by atoms with Crippen LogP contribution in [0.4, 0.5) is 0 Å². The molecule has 2 N–H and O–H groups in total. The molecule has 1 amide bonds. The average Bonchev–Trinajstić information content (AvgIpc) is 3.57. The van der Waals surface area contributed by atoms with E-state index in [1.807, 2.05) is 41.3 Å². The number of ether oxygens (including phenoxy) is 1. The van der Waals surface area contributed by atoms with Gasteiger partial charge in [0.2, 0.25) is 5.91 Å². The van der Waals surface area contributed by atoms with Crippen molar-refractivity contribution in [3.63, 3.8) is 0 Å². The third-order valence-electron chi connectivity index (χ3n) is 6.26. The molecule has 2 atom stereocenters. The van der Waals surface area contributed by atoms with Crippen molar-refractivity contribution in [1.29, 1.82) is 0 Å². The van der Waals surface area contributed by atoms with Crippen LogP contribution in [-0.4, -0.2) is 54.4 Å². The Morgan fingerprint density at radius 2 is 2.03 bits per heavy atom. The van der Waals surface area contributed by atoms with Crippen LogP contribution in [0.15, 0.2) is 42.9 Å². The molecular weight excluding hydrogens is 420 g/mol. The lowest BCUT2D eigenvalue weighted by atomic mass is 10.0. The number of amides is 1. The van der Waals surface area contributed by atoms with Crippen LogP contribution in [-0.2, 0) is 22.5 Å². The summed E-state index contributed by atoms with van der Waals surface area (Å²) in [7, 11) is 1.68. The van der Waals surface area contributed by atoms with E-state index in [0.29, 0.717) is 30.2 Å². The van der Waals surface area contributed by atoms with E-state index < -0.39 is 0 Å².